The number of nitriles is 1. The zero-order valence-corrected chi connectivity index (χ0v) is 22.5. The second kappa shape index (κ2) is 11.6. The Labute approximate surface area is 232 Å². The molecule has 3 aliphatic rings. The van der Waals surface area contributed by atoms with Gasteiger partial charge in [0.15, 0.2) is 0 Å². The van der Waals surface area contributed by atoms with Gasteiger partial charge in [-0.25, -0.2) is 9.37 Å². The molecule has 1 atom stereocenters. The number of ether oxygens (including phenoxy) is 1. The minimum absolute atomic E-state index is 0.0609. The number of pyridine rings is 1. The highest BCUT2D eigenvalue weighted by Crippen LogP contribution is 2.51. The smallest absolute Gasteiger partial charge is 0.270 e. The van der Waals surface area contributed by atoms with Gasteiger partial charge in [-0.2, -0.15) is 5.26 Å². The zero-order chi connectivity index (χ0) is 28.3. The Hall–Kier alpha value is -4.10. The lowest BCUT2D eigenvalue weighted by Gasteiger charge is -2.21. The molecule has 2 aliphatic heterocycles. The van der Waals surface area contributed by atoms with Crippen LogP contribution in [0.5, 0.6) is 0 Å². The van der Waals surface area contributed by atoms with Crippen molar-refractivity contribution in [1.82, 2.24) is 10.3 Å². The highest BCUT2D eigenvalue weighted by atomic mass is 19.1. The van der Waals surface area contributed by atoms with Crippen molar-refractivity contribution >= 4 is 29.3 Å². The summed E-state index contributed by atoms with van der Waals surface area (Å²) in [7, 11) is 0. The van der Waals surface area contributed by atoms with Gasteiger partial charge in [0.05, 0.1) is 12.1 Å². The molecule has 3 fully saturated rings. The number of carbonyl (C=O) groups excluding carboxylic acids is 2. The molecule has 40 heavy (non-hydrogen) atoms. The van der Waals surface area contributed by atoms with Crippen molar-refractivity contribution in [2.75, 3.05) is 24.7 Å². The minimum atomic E-state index is -0.971. The maximum absolute atomic E-state index is 14.5. The number of carbonyl (C=O) groups is 2. The molecular formula is C30H33FN6O3. The van der Waals surface area contributed by atoms with Gasteiger partial charge in [0, 0.05) is 55.7 Å². The summed E-state index contributed by atoms with van der Waals surface area (Å²) in [4.78, 5) is 36.8. The Balaban J connectivity index is 1.28. The van der Waals surface area contributed by atoms with Gasteiger partial charge in [-0.05, 0) is 86.4 Å². The predicted molar refractivity (Wildman–Crippen MR) is 149 cm³/mol. The summed E-state index contributed by atoms with van der Waals surface area (Å²) in [6.07, 6.45) is 6.98. The van der Waals surface area contributed by atoms with Crippen LogP contribution in [0.4, 0.5) is 10.1 Å². The van der Waals surface area contributed by atoms with Crippen molar-refractivity contribution in [2.24, 2.45) is 22.1 Å². The molecule has 1 aliphatic carbocycles. The molecule has 0 bridgehead atoms. The number of benzene rings is 1. The SMILES string of the molecule is Cc1cc(N2CC[C@@](C#N)(C3CC3)C2=O)cc(C(=O)NCc2cc(F)cc(C(C=NC3CCOCC3)=CN)c2)n1. The highest BCUT2D eigenvalue weighted by Gasteiger charge is 2.56. The fourth-order valence-corrected chi connectivity index (χ4v) is 5.48. The first-order chi connectivity index (χ1) is 19.3. The van der Waals surface area contributed by atoms with Crippen molar-refractivity contribution in [3.63, 3.8) is 0 Å². The molecular weight excluding hydrogens is 511 g/mol. The third kappa shape index (κ3) is 5.75. The van der Waals surface area contributed by atoms with Crippen molar-refractivity contribution < 1.29 is 18.7 Å². The molecule has 3 heterocycles. The topological polar surface area (TPSA) is 134 Å². The maximum atomic E-state index is 14.5. The molecule has 1 aromatic carbocycles. The Morgan fingerprint density at radius 3 is 2.75 bits per heavy atom. The first-order valence-electron chi connectivity index (χ1n) is 13.7. The van der Waals surface area contributed by atoms with Crippen molar-refractivity contribution in [1.29, 1.82) is 5.26 Å². The number of aromatic nitrogens is 1. The van der Waals surface area contributed by atoms with Gasteiger partial charge in [-0.15, -0.1) is 0 Å². The van der Waals surface area contributed by atoms with Crippen LogP contribution < -0.4 is 16.0 Å². The number of hydrogen-bond donors (Lipinski definition) is 2. The van der Waals surface area contributed by atoms with Gasteiger partial charge < -0.3 is 20.7 Å². The van der Waals surface area contributed by atoms with Crippen LogP contribution >= 0.6 is 0 Å². The second-order valence-corrected chi connectivity index (χ2v) is 10.7. The summed E-state index contributed by atoms with van der Waals surface area (Å²) < 4.78 is 19.9. The zero-order valence-electron chi connectivity index (χ0n) is 22.5. The number of halogens is 1. The number of nitrogens with one attached hydrogen (secondary N) is 1. The monoisotopic (exact) mass is 544 g/mol. The molecule has 208 valence electrons. The summed E-state index contributed by atoms with van der Waals surface area (Å²) in [5.74, 6) is -1.00. The quantitative estimate of drug-likeness (QED) is 0.487. The Morgan fingerprint density at radius 1 is 1.27 bits per heavy atom. The lowest BCUT2D eigenvalue weighted by molar-refractivity contribution is -0.123. The lowest BCUT2D eigenvalue weighted by Crippen LogP contribution is -2.35. The molecule has 0 radical (unpaired) electrons. The first-order valence-corrected chi connectivity index (χ1v) is 13.7. The standard InChI is InChI=1S/C30H33FN6O3/c1-19-10-26(37-7-6-30(18-33,29(37)39)23-2-3-23)14-27(36-19)28(38)35-16-20-11-21(13-24(31)12-20)22(15-32)17-34-25-4-8-40-9-5-25/h10-15,17,23,25H,2-9,16,32H2,1H3,(H,35,38)/t30-/m1/s1. The highest BCUT2D eigenvalue weighted by molar-refractivity contribution is 6.09. The third-order valence-electron chi connectivity index (χ3n) is 7.85. The number of aryl methyl sites for hydroxylation is 1. The van der Waals surface area contributed by atoms with Crippen LogP contribution in [0.2, 0.25) is 0 Å². The molecule has 0 spiro atoms. The molecule has 1 saturated carbocycles. The van der Waals surface area contributed by atoms with E-state index < -0.39 is 17.1 Å². The number of aliphatic imine (C=N–C) groups is 1. The van der Waals surface area contributed by atoms with Crippen molar-refractivity contribution in [3.8, 4) is 6.07 Å². The van der Waals surface area contributed by atoms with Crippen LogP contribution in [-0.2, 0) is 16.1 Å². The molecule has 3 N–H and O–H groups in total. The van der Waals surface area contributed by atoms with E-state index in [-0.39, 0.29) is 30.1 Å². The van der Waals surface area contributed by atoms with Crippen LogP contribution in [-0.4, -0.2) is 48.8 Å². The lowest BCUT2D eigenvalue weighted by atomic mass is 9.83. The van der Waals surface area contributed by atoms with Gasteiger partial charge in [0.1, 0.15) is 16.9 Å². The van der Waals surface area contributed by atoms with Gasteiger partial charge in [0.25, 0.3) is 5.91 Å². The number of amides is 2. The summed E-state index contributed by atoms with van der Waals surface area (Å²) in [5.41, 5.74) is 7.82. The van der Waals surface area contributed by atoms with Crippen LogP contribution in [0.15, 0.2) is 41.5 Å². The molecule has 2 amide bonds. The number of nitrogens with zero attached hydrogens (tertiary/aromatic N) is 4. The Morgan fingerprint density at radius 2 is 2.05 bits per heavy atom. The number of allylic oxidation sites excluding steroid dienone is 1. The van der Waals surface area contributed by atoms with Gasteiger partial charge in [-0.3, -0.25) is 14.6 Å². The number of rotatable bonds is 8. The van der Waals surface area contributed by atoms with E-state index in [1.165, 1.54) is 18.3 Å². The van der Waals surface area contributed by atoms with Gasteiger partial charge in [-0.1, -0.05) is 0 Å². The van der Waals surface area contributed by atoms with E-state index in [4.69, 9.17) is 10.5 Å². The average Bonchev–Trinajstić information content (AvgIpc) is 3.75. The van der Waals surface area contributed by atoms with E-state index in [1.54, 1.807) is 36.2 Å². The molecule has 2 aromatic rings. The summed E-state index contributed by atoms with van der Waals surface area (Å²) in [6.45, 7) is 3.57. The second-order valence-electron chi connectivity index (χ2n) is 10.7. The maximum Gasteiger partial charge on any atom is 0.270 e. The minimum Gasteiger partial charge on any atom is -0.404 e. The molecule has 2 saturated heterocycles. The van der Waals surface area contributed by atoms with Crippen LogP contribution in [0.25, 0.3) is 5.57 Å². The van der Waals surface area contributed by atoms with E-state index in [9.17, 15) is 19.2 Å². The van der Waals surface area contributed by atoms with Crippen LogP contribution in [0.3, 0.4) is 0 Å². The van der Waals surface area contributed by atoms with E-state index in [0.29, 0.717) is 54.3 Å². The molecule has 1 aromatic heterocycles. The molecule has 5 rings (SSSR count). The summed E-state index contributed by atoms with van der Waals surface area (Å²) in [5, 5.41) is 12.6. The molecule has 0 unspecified atom stereocenters. The summed E-state index contributed by atoms with van der Waals surface area (Å²) >= 11 is 0. The summed E-state index contributed by atoms with van der Waals surface area (Å²) in [6, 6.07) is 10.2. The molecule has 9 nitrogen and oxygen atoms in total. The van der Waals surface area contributed by atoms with Crippen LogP contribution in [0.1, 0.15) is 59.4 Å². The van der Waals surface area contributed by atoms with E-state index in [2.05, 4.69) is 21.4 Å². The largest absolute Gasteiger partial charge is 0.404 e. The fourth-order valence-electron chi connectivity index (χ4n) is 5.48. The van der Waals surface area contributed by atoms with E-state index in [0.717, 1.165) is 25.7 Å². The first kappa shape index (κ1) is 27.5. The number of anilines is 1. The van der Waals surface area contributed by atoms with E-state index >= 15 is 0 Å². The normalized spacial score (nSPS) is 22.1. The third-order valence-corrected chi connectivity index (χ3v) is 7.85. The van der Waals surface area contributed by atoms with Crippen LogP contribution in [0, 0.1) is 35.4 Å². The number of nitrogens with two attached hydrogens (primary N) is 1. The van der Waals surface area contributed by atoms with Gasteiger partial charge in [0.2, 0.25) is 5.91 Å². The number of hydrogen-bond acceptors (Lipinski definition) is 7. The van der Waals surface area contributed by atoms with Crippen molar-refractivity contribution in [2.45, 2.75) is 51.6 Å². The molecule has 10 heteroatoms. The Bertz CT molecular complexity index is 1410. The Kier molecular flexibility index (Phi) is 7.94. The van der Waals surface area contributed by atoms with Crippen molar-refractivity contribution in [3.05, 3.63) is 64.9 Å². The fraction of sp³-hybridized carbons (Fsp3) is 0.433. The predicted octanol–water partition coefficient (Wildman–Crippen LogP) is 3.67. The van der Waals surface area contributed by atoms with E-state index in [1.807, 2.05) is 0 Å². The average molecular weight is 545 g/mol. The van der Waals surface area contributed by atoms with Gasteiger partial charge >= 0.3 is 0 Å².